The number of hydrogen-bond donors (Lipinski definition) is 1. The largest absolute Gasteiger partial charge is 0.496 e. The second kappa shape index (κ2) is 5.05. The number of nitrogens with zero attached hydrogens (tertiary/aromatic N) is 2. The molecule has 1 aromatic heterocycles. The maximum atomic E-state index is 5.70. The molecule has 0 unspecified atom stereocenters. The average molecular weight is 267 g/mol. The Hall–Kier alpha value is -2.82. The van der Waals surface area contributed by atoms with Crippen LogP contribution >= 0.6 is 0 Å². The quantitative estimate of drug-likeness (QED) is 0.738. The van der Waals surface area contributed by atoms with Crippen molar-refractivity contribution in [3.8, 4) is 28.7 Å². The smallest absolute Gasteiger partial charge is 0.251 e. The number of benzene rings is 2. The van der Waals surface area contributed by atoms with Gasteiger partial charge in [-0.05, 0) is 36.4 Å². The number of hydrogen-bond acceptors (Lipinski definition) is 5. The number of methoxy groups -OCH3 is 1. The SMILES string of the molecule is COc1ccccc1-c1nnc(-c2ccc(N)cc2)o1. The first-order valence-corrected chi connectivity index (χ1v) is 6.11. The first-order chi connectivity index (χ1) is 9.78. The molecule has 5 nitrogen and oxygen atoms in total. The van der Waals surface area contributed by atoms with Gasteiger partial charge < -0.3 is 14.9 Å². The zero-order chi connectivity index (χ0) is 13.9. The zero-order valence-corrected chi connectivity index (χ0v) is 10.9. The fraction of sp³-hybridized carbons (Fsp3) is 0.0667. The van der Waals surface area contributed by atoms with Gasteiger partial charge in [0.2, 0.25) is 5.89 Å². The first-order valence-electron chi connectivity index (χ1n) is 6.11. The number of para-hydroxylation sites is 1. The van der Waals surface area contributed by atoms with E-state index in [0.29, 0.717) is 23.2 Å². The number of nitrogens with two attached hydrogens (primary N) is 1. The Morgan fingerprint density at radius 2 is 1.65 bits per heavy atom. The van der Waals surface area contributed by atoms with Crippen LogP contribution in [0, 0.1) is 0 Å². The second-order valence-electron chi connectivity index (χ2n) is 4.23. The fourth-order valence-corrected chi connectivity index (χ4v) is 1.90. The minimum Gasteiger partial charge on any atom is -0.496 e. The average Bonchev–Trinajstić information content (AvgIpc) is 2.97. The molecular formula is C15H13N3O2. The standard InChI is InChI=1S/C15H13N3O2/c1-19-13-5-3-2-4-12(13)15-18-17-14(20-15)10-6-8-11(16)9-7-10/h2-9H,16H2,1H3. The van der Waals surface area contributed by atoms with Gasteiger partial charge >= 0.3 is 0 Å². The summed E-state index contributed by atoms with van der Waals surface area (Å²) < 4.78 is 11.0. The molecular weight excluding hydrogens is 254 g/mol. The first kappa shape index (κ1) is 12.2. The van der Waals surface area contributed by atoms with E-state index in [2.05, 4.69) is 10.2 Å². The molecule has 100 valence electrons. The summed E-state index contributed by atoms with van der Waals surface area (Å²) in [5.41, 5.74) is 7.94. The lowest BCUT2D eigenvalue weighted by Crippen LogP contribution is -1.87. The molecule has 1 heterocycles. The number of anilines is 1. The Morgan fingerprint density at radius 3 is 2.40 bits per heavy atom. The molecule has 5 heteroatoms. The predicted molar refractivity (Wildman–Crippen MR) is 76.1 cm³/mol. The van der Waals surface area contributed by atoms with Crippen LogP contribution in [0.25, 0.3) is 22.9 Å². The van der Waals surface area contributed by atoms with E-state index in [1.807, 2.05) is 36.4 Å². The Bertz CT molecular complexity index is 720. The number of nitrogen functional groups attached to an aromatic ring is 1. The number of aromatic nitrogens is 2. The van der Waals surface area contributed by atoms with Crippen molar-refractivity contribution in [2.45, 2.75) is 0 Å². The lowest BCUT2D eigenvalue weighted by atomic mass is 10.2. The highest BCUT2D eigenvalue weighted by atomic mass is 16.5. The molecule has 0 radical (unpaired) electrons. The molecule has 3 aromatic rings. The summed E-state index contributed by atoms with van der Waals surface area (Å²) in [7, 11) is 1.61. The Labute approximate surface area is 116 Å². The molecule has 0 atom stereocenters. The summed E-state index contributed by atoms with van der Waals surface area (Å²) in [6, 6.07) is 14.8. The normalized spacial score (nSPS) is 10.4. The van der Waals surface area contributed by atoms with Crippen molar-refractivity contribution in [2.24, 2.45) is 0 Å². The molecule has 0 spiro atoms. The van der Waals surface area contributed by atoms with E-state index in [1.54, 1.807) is 19.2 Å². The third-order valence-electron chi connectivity index (χ3n) is 2.92. The monoisotopic (exact) mass is 267 g/mol. The lowest BCUT2D eigenvalue weighted by molar-refractivity contribution is 0.414. The van der Waals surface area contributed by atoms with Gasteiger partial charge in [0.25, 0.3) is 5.89 Å². The molecule has 0 fully saturated rings. The van der Waals surface area contributed by atoms with Gasteiger partial charge in [-0.1, -0.05) is 12.1 Å². The Kier molecular flexibility index (Phi) is 3.09. The van der Waals surface area contributed by atoms with E-state index in [0.717, 1.165) is 11.1 Å². The number of rotatable bonds is 3. The molecule has 0 aliphatic rings. The highest BCUT2D eigenvalue weighted by Crippen LogP contribution is 2.30. The van der Waals surface area contributed by atoms with Crippen LogP contribution < -0.4 is 10.5 Å². The van der Waals surface area contributed by atoms with Crippen LogP contribution in [0.3, 0.4) is 0 Å². The van der Waals surface area contributed by atoms with E-state index in [9.17, 15) is 0 Å². The van der Waals surface area contributed by atoms with Crippen LogP contribution in [0.2, 0.25) is 0 Å². The Balaban J connectivity index is 2.00. The summed E-state index contributed by atoms with van der Waals surface area (Å²) in [6.07, 6.45) is 0. The van der Waals surface area contributed by atoms with Gasteiger partial charge in [-0.2, -0.15) is 0 Å². The van der Waals surface area contributed by atoms with Crippen molar-refractivity contribution in [1.29, 1.82) is 0 Å². The second-order valence-corrected chi connectivity index (χ2v) is 4.23. The van der Waals surface area contributed by atoms with Gasteiger partial charge in [0.15, 0.2) is 0 Å². The van der Waals surface area contributed by atoms with Gasteiger partial charge in [-0.15, -0.1) is 10.2 Å². The molecule has 0 aliphatic heterocycles. The van der Waals surface area contributed by atoms with E-state index in [4.69, 9.17) is 14.9 Å². The van der Waals surface area contributed by atoms with Crippen molar-refractivity contribution in [3.63, 3.8) is 0 Å². The molecule has 0 aliphatic carbocycles. The van der Waals surface area contributed by atoms with Crippen molar-refractivity contribution in [1.82, 2.24) is 10.2 Å². The van der Waals surface area contributed by atoms with Crippen LogP contribution in [0.5, 0.6) is 5.75 Å². The molecule has 0 saturated heterocycles. The number of ether oxygens (including phenoxy) is 1. The molecule has 3 rings (SSSR count). The minimum atomic E-state index is 0.425. The van der Waals surface area contributed by atoms with E-state index in [-0.39, 0.29) is 0 Å². The van der Waals surface area contributed by atoms with Gasteiger partial charge in [0, 0.05) is 11.3 Å². The molecule has 0 amide bonds. The summed E-state index contributed by atoms with van der Waals surface area (Å²) in [6.45, 7) is 0. The van der Waals surface area contributed by atoms with Gasteiger partial charge in [0.1, 0.15) is 5.75 Å². The van der Waals surface area contributed by atoms with Gasteiger partial charge in [-0.25, -0.2) is 0 Å². The van der Waals surface area contributed by atoms with Crippen LogP contribution in [0.4, 0.5) is 5.69 Å². The van der Waals surface area contributed by atoms with Gasteiger partial charge in [0.05, 0.1) is 12.7 Å². The topological polar surface area (TPSA) is 74.2 Å². The third-order valence-corrected chi connectivity index (χ3v) is 2.92. The van der Waals surface area contributed by atoms with Gasteiger partial charge in [-0.3, -0.25) is 0 Å². The molecule has 0 bridgehead atoms. The van der Waals surface area contributed by atoms with E-state index < -0.39 is 0 Å². The highest BCUT2D eigenvalue weighted by molar-refractivity contribution is 5.64. The molecule has 2 N–H and O–H groups in total. The van der Waals surface area contributed by atoms with Crippen LogP contribution in [0.15, 0.2) is 52.9 Å². The summed E-state index contributed by atoms with van der Waals surface area (Å²) in [4.78, 5) is 0. The Morgan fingerprint density at radius 1 is 0.950 bits per heavy atom. The van der Waals surface area contributed by atoms with Crippen LogP contribution in [0.1, 0.15) is 0 Å². The maximum absolute atomic E-state index is 5.70. The van der Waals surface area contributed by atoms with Crippen molar-refractivity contribution < 1.29 is 9.15 Å². The minimum absolute atomic E-state index is 0.425. The molecule has 0 saturated carbocycles. The zero-order valence-electron chi connectivity index (χ0n) is 10.9. The van der Waals surface area contributed by atoms with Crippen LogP contribution in [-0.2, 0) is 0 Å². The molecule has 2 aromatic carbocycles. The fourth-order valence-electron chi connectivity index (χ4n) is 1.90. The van der Waals surface area contributed by atoms with Crippen molar-refractivity contribution in [2.75, 3.05) is 12.8 Å². The van der Waals surface area contributed by atoms with E-state index >= 15 is 0 Å². The van der Waals surface area contributed by atoms with Crippen LogP contribution in [-0.4, -0.2) is 17.3 Å². The summed E-state index contributed by atoms with van der Waals surface area (Å²) >= 11 is 0. The lowest BCUT2D eigenvalue weighted by Gasteiger charge is -2.03. The van der Waals surface area contributed by atoms with Crippen molar-refractivity contribution >= 4 is 5.69 Å². The molecule has 20 heavy (non-hydrogen) atoms. The maximum Gasteiger partial charge on any atom is 0.251 e. The highest BCUT2D eigenvalue weighted by Gasteiger charge is 2.13. The van der Waals surface area contributed by atoms with Crippen molar-refractivity contribution in [3.05, 3.63) is 48.5 Å². The summed E-state index contributed by atoms with van der Waals surface area (Å²) in [5, 5.41) is 8.12. The third kappa shape index (κ3) is 2.21. The van der Waals surface area contributed by atoms with E-state index in [1.165, 1.54) is 0 Å². The summed E-state index contributed by atoms with van der Waals surface area (Å²) in [5.74, 6) is 1.57. The predicted octanol–water partition coefficient (Wildman–Crippen LogP) is 2.99.